The predicted octanol–water partition coefficient (Wildman–Crippen LogP) is 3.34. The Morgan fingerprint density at radius 2 is 1.94 bits per heavy atom. The largest absolute Gasteiger partial charge is 0.319 e. The lowest BCUT2D eigenvalue weighted by atomic mass is 9.62. The van der Waals surface area contributed by atoms with Gasteiger partial charge in [-0.05, 0) is 18.7 Å². The van der Waals surface area contributed by atoms with E-state index in [0.29, 0.717) is 6.54 Å². The Morgan fingerprint density at radius 1 is 1.31 bits per heavy atom. The Morgan fingerprint density at radius 3 is 2.44 bits per heavy atom. The first-order valence-electron chi connectivity index (χ1n) is 5.27. The second-order valence-electron chi connectivity index (χ2n) is 4.50. The van der Waals surface area contributed by atoms with E-state index in [1.165, 1.54) is 0 Å². The molecule has 4 heteroatoms. The topological polar surface area (TPSA) is 12.0 Å². The van der Waals surface area contributed by atoms with Crippen molar-refractivity contribution >= 4 is 15.9 Å². The highest BCUT2D eigenvalue weighted by atomic mass is 79.9. The fourth-order valence-corrected chi connectivity index (χ4v) is 3.28. The quantitative estimate of drug-likeness (QED) is 0.900. The summed E-state index contributed by atoms with van der Waals surface area (Å²) in [5.41, 5.74) is 0.563. The highest BCUT2D eigenvalue weighted by Gasteiger charge is 2.57. The molecule has 0 aromatic heterocycles. The van der Waals surface area contributed by atoms with E-state index in [1.54, 1.807) is 7.05 Å². The van der Waals surface area contributed by atoms with Crippen LogP contribution < -0.4 is 5.32 Å². The molecule has 0 amide bonds. The molecule has 2 rings (SSSR count). The zero-order chi connectivity index (χ0) is 11.8. The lowest BCUT2D eigenvalue weighted by Gasteiger charge is -2.48. The van der Waals surface area contributed by atoms with E-state index in [2.05, 4.69) is 21.2 Å². The van der Waals surface area contributed by atoms with Crippen molar-refractivity contribution < 1.29 is 8.78 Å². The van der Waals surface area contributed by atoms with Gasteiger partial charge in [0.15, 0.2) is 0 Å². The SMILES string of the molecule is CNCC1(c2ccccc2Br)CC(F)(F)C1. The highest BCUT2D eigenvalue weighted by molar-refractivity contribution is 9.10. The van der Waals surface area contributed by atoms with Gasteiger partial charge in [0.05, 0.1) is 0 Å². The molecule has 1 nitrogen and oxygen atoms in total. The van der Waals surface area contributed by atoms with Gasteiger partial charge >= 0.3 is 0 Å². The number of alkyl halides is 2. The van der Waals surface area contributed by atoms with E-state index in [9.17, 15) is 8.78 Å². The van der Waals surface area contributed by atoms with Crippen LogP contribution >= 0.6 is 15.9 Å². The monoisotopic (exact) mass is 289 g/mol. The second-order valence-corrected chi connectivity index (χ2v) is 5.35. The number of likely N-dealkylation sites (N-methyl/N-ethyl adjacent to an activating group) is 1. The molecule has 1 aromatic rings. The molecule has 88 valence electrons. The summed E-state index contributed by atoms with van der Waals surface area (Å²) in [6.07, 6.45) is -0.132. The van der Waals surface area contributed by atoms with Crippen LogP contribution in [0, 0.1) is 0 Å². The fraction of sp³-hybridized carbons (Fsp3) is 0.500. The Labute approximate surface area is 102 Å². The predicted molar refractivity (Wildman–Crippen MR) is 63.9 cm³/mol. The first-order valence-corrected chi connectivity index (χ1v) is 6.06. The van der Waals surface area contributed by atoms with Crippen LogP contribution in [-0.2, 0) is 5.41 Å². The molecule has 1 N–H and O–H groups in total. The lowest BCUT2D eigenvalue weighted by Crippen LogP contribution is -2.54. The first-order chi connectivity index (χ1) is 7.49. The Balaban J connectivity index is 2.32. The molecule has 1 aliphatic rings. The summed E-state index contributed by atoms with van der Waals surface area (Å²) >= 11 is 3.44. The standard InChI is InChI=1S/C12H14BrF2N/c1-16-8-11(6-12(14,15)7-11)9-4-2-3-5-10(9)13/h2-5,16H,6-8H2,1H3. The van der Waals surface area contributed by atoms with Crippen LogP contribution in [0.3, 0.4) is 0 Å². The highest BCUT2D eigenvalue weighted by Crippen LogP contribution is 2.54. The summed E-state index contributed by atoms with van der Waals surface area (Å²) in [5, 5.41) is 3.02. The van der Waals surface area contributed by atoms with E-state index < -0.39 is 11.3 Å². The molecule has 0 aliphatic heterocycles. The third kappa shape index (κ3) is 2.00. The molecule has 1 saturated carbocycles. The van der Waals surface area contributed by atoms with Crippen LogP contribution in [0.1, 0.15) is 18.4 Å². The van der Waals surface area contributed by atoms with Crippen molar-refractivity contribution in [1.82, 2.24) is 5.32 Å². The second kappa shape index (κ2) is 4.08. The summed E-state index contributed by atoms with van der Waals surface area (Å²) in [4.78, 5) is 0. The number of benzene rings is 1. The maximum absolute atomic E-state index is 13.1. The van der Waals surface area contributed by atoms with E-state index >= 15 is 0 Å². The van der Waals surface area contributed by atoms with Crippen molar-refractivity contribution in [3.63, 3.8) is 0 Å². The van der Waals surface area contributed by atoms with E-state index in [0.717, 1.165) is 10.0 Å². The maximum Gasteiger partial charge on any atom is 0.250 e. The van der Waals surface area contributed by atoms with Gasteiger partial charge in [0.1, 0.15) is 0 Å². The zero-order valence-electron chi connectivity index (χ0n) is 9.06. The van der Waals surface area contributed by atoms with Crippen molar-refractivity contribution in [3.8, 4) is 0 Å². The van der Waals surface area contributed by atoms with Crippen LogP contribution in [0.5, 0.6) is 0 Å². The zero-order valence-corrected chi connectivity index (χ0v) is 10.7. The molecule has 0 unspecified atom stereocenters. The van der Waals surface area contributed by atoms with Crippen molar-refractivity contribution in [3.05, 3.63) is 34.3 Å². The van der Waals surface area contributed by atoms with Crippen LogP contribution in [0.15, 0.2) is 28.7 Å². The van der Waals surface area contributed by atoms with Gasteiger partial charge in [-0.1, -0.05) is 34.1 Å². The minimum atomic E-state index is -2.51. The Hall–Kier alpha value is -0.480. The van der Waals surface area contributed by atoms with Gasteiger partial charge in [-0.25, -0.2) is 8.78 Å². The third-order valence-corrected chi connectivity index (χ3v) is 3.85. The number of halogens is 3. The third-order valence-electron chi connectivity index (χ3n) is 3.15. The van der Waals surface area contributed by atoms with Crippen LogP contribution in [0.2, 0.25) is 0 Å². The van der Waals surface area contributed by atoms with Gasteiger partial charge < -0.3 is 5.32 Å². The van der Waals surface area contributed by atoms with E-state index in [4.69, 9.17) is 0 Å². The van der Waals surface area contributed by atoms with Gasteiger partial charge in [0, 0.05) is 29.3 Å². The molecule has 16 heavy (non-hydrogen) atoms. The van der Waals surface area contributed by atoms with Crippen molar-refractivity contribution in [2.24, 2.45) is 0 Å². The summed E-state index contributed by atoms with van der Waals surface area (Å²) in [5.74, 6) is -2.51. The summed E-state index contributed by atoms with van der Waals surface area (Å²) in [6, 6.07) is 7.63. The smallest absolute Gasteiger partial charge is 0.250 e. The minimum absolute atomic E-state index is 0.0660. The van der Waals surface area contributed by atoms with Gasteiger partial charge in [0.2, 0.25) is 5.92 Å². The van der Waals surface area contributed by atoms with Gasteiger partial charge in [-0.2, -0.15) is 0 Å². The molecule has 0 saturated heterocycles. The first kappa shape index (κ1) is 12.0. The molecule has 0 bridgehead atoms. The number of nitrogens with one attached hydrogen (secondary N) is 1. The molecule has 1 aromatic carbocycles. The Bertz CT molecular complexity index is 384. The molecule has 1 fully saturated rings. The maximum atomic E-state index is 13.1. The van der Waals surface area contributed by atoms with Crippen LogP contribution in [0.25, 0.3) is 0 Å². The molecule has 1 aliphatic carbocycles. The average molecular weight is 290 g/mol. The number of rotatable bonds is 3. The molecule has 0 spiro atoms. The van der Waals surface area contributed by atoms with E-state index in [-0.39, 0.29) is 12.8 Å². The van der Waals surface area contributed by atoms with Crippen LogP contribution in [-0.4, -0.2) is 19.5 Å². The van der Waals surface area contributed by atoms with E-state index in [1.807, 2.05) is 24.3 Å². The van der Waals surface area contributed by atoms with Gasteiger partial charge in [-0.3, -0.25) is 0 Å². The summed E-state index contributed by atoms with van der Waals surface area (Å²) in [6.45, 7) is 0.588. The van der Waals surface area contributed by atoms with Crippen molar-refractivity contribution in [2.45, 2.75) is 24.2 Å². The molecular weight excluding hydrogens is 276 g/mol. The van der Waals surface area contributed by atoms with Crippen molar-refractivity contribution in [2.75, 3.05) is 13.6 Å². The average Bonchev–Trinajstić information content (AvgIpc) is 2.15. The fourth-order valence-electron chi connectivity index (χ4n) is 2.58. The normalized spacial score (nSPS) is 21.5. The number of hydrogen-bond acceptors (Lipinski definition) is 1. The molecular formula is C12H14BrF2N. The Kier molecular flexibility index (Phi) is 3.05. The summed E-state index contributed by atoms with van der Waals surface area (Å²) < 4.78 is 27.2. The number of hydrogen-bond donors (Lipinski definition) is 1. The minimum Gasteiger partial charge on any atom is -0.319 e. The molecule has 0 atom stereocenters. The van der Waals surface area contributed by atoms with Crippen LogP contribution in [0.4, 0.5) is 8.78 Å². The van der Waals surface area contributed by atoms with Gasteiger partial charge in [-0.15, -0.1) is 0 Å². The lowest BCUT2D eigenvalue weighted by molar-refractivity contribution is -0.125. The van der Waals surface area contributed by atoms with Crippen molar-refractivity contribution in [1.29, 1.82) is 0 Å². The molecule has 0 radical (unpaired) electrons. The summed E-state index contributed by atoms with van der Waals surface area (Å²) in [7, 11) is 1.80. The van der Waals surface area contributed by atoms with Gasteiger partial charge in [0.25, 0.3) is 0 Å². The molecule has 0 heterocycles.